The number of nitrogens with zero attached hydrogens (tertiary/aromatic N) is 1. The summed E-state index contributed by atoms with van der Waals surface area (Å²) in [5.74, 6) is 0.777. The minimum absolute atomic E-state index is 0.630. The molecule has 106 valence electrons. The molecule has 1 N–H and O–H groups in total. The third kappa shape index (κ3) is 3.71. The lowest BCUT2D eigenvalue weighted by Gasteiger charge is -2.12. The summed E-state index contributed by atoms with van der Waals surface area (Å²) in [4.78, 5) is 4.24. The monoisotopic (exact) mass is 290 g/mol. The topological polar surface area (TPSA) is 34.2 Å². The lowest BCUT2D eigenvalue weighted by Crippen LogP contribution is -2.12. The zero-order valence-electron chi connectivity index (χ0n) is 11.8. The highest BCUT2D eigenvalue weighted by Gasteiger charge is 2.07. The molecule has 0 bridgehead atoms. The van der Waals surface area contributed by atoms with Gasteiger partial charge < -0.3 is 10.1 Å². The standard InChI is InChI=1S/C16H19ClN2O/c1-3-18-9-12-5-6-14(17)8-16(12)13-7-15(20-4-2)11-19-10-13/h5-8,10-11,18H,3-4,9H2,1-2H3. The molecule has 0 aliphatic carbocycles. The Balaban J connectivity index is 2.39. The Morgan fingerprint density at radius 3 is 2.80 bits per heavy atom. The maximum atomic E-state index is 6.13. The van der Waals surface area contributed by atoms with Crippen molar-refractivity contribution in [2.75, 3.05) is 13.2 Å². The van der Waals surface area contributed by atoms with E-state index in [1.54, 1.807) is 6.20 Å². The van der Waals surface area contributed by atoms with Crippen molar-refractivity contribution in [2.45, 2.75) is 20.4 Å². The summed E-state index contributed by atoms with van der Waals surface area (Å²) in [6.07, 6.45) is 3.56. The van der Waals surface area contributed by atoms with E-state index in [2.05, 4.69) is 17.2 Å². The average Bonchev–Trinajstić information content (AvgIpc) is 2.46. The second-order valence-corrected chi connectivity index (χ2v) is 4.86. The number of ether oxygens (including phenoxy) is 1. The molecule has 0 saturated carbocycles. The predicted octanol–water partition coefficient (Wildman–Crippen LogP) is 3.91. The van der Waals surface area contributed by atoms with Crippen LogP contribution in [0.15, 0.2) is 36.7 Å². The summed E-state index contributed by atoms with van der Waals surface area (Å²) in [6.45, 7) is 6.42. The Labute approximate surface area is 124 Å². The predicted molar refractivity (Wildman–Crippen MR) is 83.2 cm³/mol. The van der Waals surface area contributed by atoms with Crippen LogP contribution in [0.2, 0.25) is 5.02 Å². The van der Waals surface area contributed by atoms with Crippen LogP contribution in [0.1, 0.15) is 19.4 Å². The zero-order valence-corrected chi connectivity index (χ0v) is 12.6. The molecule has 0 saturated heterocycles. The van der Waals surface area contributed by atoms with E-state index in [0.29, 0.717) is 6.61 Å². The van der Waals surface area contributed by atoms with Gasteiger partial charge in [-0.25, -0.2) is 0 Å². The minimum Gasteiger partial charge on any atom is -0.492 e. The van der Waals surface area contributed by atoms with Crippen molar-refractivity contribution < 1.29 is 4.74 Å². The van der Waals surface area contributed by atoms with Gasteiger partial charge in [0.15, 0.2) is 0 Å². The van der Waals surface area contributed by atoms with Crippen LogP contribution < -0.4 is 10.1 Å². The molecule has 1 heterocycles. The van der Waals surface area contributed by atoms with E-state index in [-0.39, 0.29) is 0 Å². The van der Waals surface area contributed by atoms with Crippen LogP contribution >= 0.6 is 11.6 Å². The van der Waals surface area contributed by atoms with Gasteiger partial charge in [-0.05, 0) is 42.8 Å². The molecule has 1 aromatic carbocycles. The summed E-state index contributed by atoms with van der Waals surface area (Å²) < 4.78 is 5.51. The number of aromatic nitrogens is 1. The van der Waals surface area contributed by atoms with E-state index in [1.807, 2.05) is 37.4 Å². The first kappa shape index (κ1) is 14.8. The largest absolute Gasteiger partial charge is 0.492 e. The second-order valence-electron chi connectivity index (χ2n) is 4.42. The van der Waals surface area contributed by atoms with Crippen LogP contribution in [0.3, 0.4) is 0 Å². The highest BCUT2D eigenvalue weighted by atomic mass is 35.5. The van der Waals surface area contributed by atoms with Crippen molar-refractivity contribution in [1.29, 1.82) is 0 Å². The average molecular weight is 291 g/mol. The molecule has 2 aromatic rings. The maximum Gasteiger partial charge on any atom is 0.138 e. The van der Waals surface area contributed by atoms with Crippen LogP contribution in [-0.2, 0) is 6.54 Å². The first-order valence-corrected chi connectivity index (χ1v) is 7.19. The van der Waals surface area contributed by atoms with Gasteiger partial charge in [-0.2, -0.15) is 0 Å². The smallest absolute Gasteiger partial charge is 0.138 e. The molecule has 0 spiro atoms. The molecule has 0 aliphatic heterocycles. The molecule has 0 aliphatic rings. The number of benzene rings is 1. The number of rotatable bonds is 6. The highest BCUT2D eigenvalue weighted by molar-refractivity contribution is 6.30. The molecular weight excluding hydrogens is 272 g/mol. The van der Waals surface area contributed by atoms with Crippen molar-refractivity contribution in [1.82, 2.24) is 10.3 Å². The van der Waals surface area contributed by atoms with Gasteiger partial charge in [0.25, 0.3) is 0 Å². The Bertz CT molecular complexity index is 572. The Kier molecular flexibility index (Phi) is 5.39. The lowest BCUT2D eigenvalue weighted by atomic mass is 10.0. The summed E-state index contributed by atoms with van der Waals surface area (Å²) in [6, 6.07) is 7.93. The molecule has 0 fully saturated rings. The first-order chi connectivity index (χ1) is 9.74. The maximum absolute atomic E-state index is 6.13. The number of nitrogens with one attached hydrogen (secondary N) is 1. The van der Waals surface area contributed by atoms with E-state index in [1.165, 1.54) is 5.56 Å². The Morgan fingerprint density at radius 1 is 1.20 bits per heavy atom. The van der Waals surface area contributed by atoms with E-state index >= 15 is 0 Å². The van der Waals surface area contributed by atoms with Crippen molar-refractivity contribution >= 4 is 11.6 Å². The number of halogens is 1. The molecule has 0 atom stereocenters. The van der Waals surface area contributed by atoms with Gasteiger partial charge >= 0.3 is 0 Å². The van der Waals surface area contributed by atoms with Crippen molar-refractivity contribution in [3.8, 4) is 16.9 Å². The summed E-state index contributed by atoms with van der Waals surface area (Å²) in [5.41, 5.74) is 3.31. The molecule has 0 amide bonds. The molecule has 0 radical (unpaired) electrons. The number of hydrogen-bond donors (Lipinski definition) is 1. The molecule has 4 heteroatoms. The minimum atomic E-state index is 0.630. The van der Waals surface area contributed by atoms with Crippen LogP contribution in [0, 0.1) is 0 Å². The molecule has 1 aromatic heterocycles. The fourth-order valence-corrected chi connectivity index (χ4v) is 2.22. The van der Waals surface area contributed by atoms with Crippen LogP contribution in [-0.4, -0.2) is 18.1 Å². The number of pyridine rings is 1. The quantitative estimate of drug-likeness (QED) is 0.876. The highest BCUT2D eigenvalue weighted by Crippen LogP contribution is 2.28. The zero-order chi connectivity index (χ0) is 14.4. The first-order valence-electron chi connectivity index (χ1n) is 6.82. The van der Waals surface area contributed by atoms with Gasteiger partial charge in [0, 0.05) is 23.3 Å². The molecule has 20 heavy (non-hydrogen) atoms. The van der Waals surface area contributed by atoms with Gasteiger partial charge in [0.05, 0.1) is 12.8 Å². The van der Waals surface area contributed by atoms with Gasteiger partial charge in [-0.1, -0.05) is 24.6 Å². The van der Waals surface area contributed by atoms with E-state index < -0.39 is 0 Å². The van der Waals surface area contributed by atoms with E-state index in [4.69, 9.17) is 16.3 Å². The Hall–Kier alpha value is -1.58. The third-order valence-electron chi connectivity index (χ3n) is 2.97. The third-order valence-corrected chi connectivity index (χ3v) is 3.21. The van der Waals surface area contributed by atoms with Crippen LogP contribution in [0.5, 0.6) is 5.75 Å². The van der Waals surface area contributed by atoms with Crippen molar-refractivity contribution in [2.24, 2.45) is 0 Å². The van der Waals surface area contributed by atoms with E-state index in [0.717, 1.165) is 35.0 Å². The van der Waals surface area contributed by atoms with Crippen LogP contribution in [0.4, 0.5) is 0 Å². The summed E-state index contributed by atoms with van der Waals surface area (Å²) in [5, 5.41) is 4.06. The Morgan fingerprint density at radius 2 is 2.05 bits per heavy atom. The number of hydrogen-bond acceptors (Lipinski definition) is 3. The summed E-state index contributed by atoms with van der Waals surface area (Å²) in [7, 11) is 0. The fraction of sp³-hybridized carbons (Fsp3) is 0.312. The fourth-order valence-electron chi connectivity index (χ4n) is 2.04. The SMILES string of the molecule is CCNCc1ccc(Cl)cc1-c1cncc(OCC)c1. The van der Waals surface area contributed by atoms with Gasteiger partial charge in [-0.15, -0.1) is 0 Å². The molecule has 0 unspecified atom stereocenters. The van der Waals surface area contributed by atoms with Crippen LogP contribution in [0.25, 0.3) is 11.1 Å². The van der Waals surface area contributed by atoms with Crippen molar-refractivity contribution in [3.63, 3.8) is 0 Å². The normalized spacial score (nSPS) is 10.6. The van der Waals surface area contributed by atoms with Gasteiger partial charge in [0.1, 0.15) is 5.75 Å². The molecule has 2 rings (SSSR count). The van der Waals surface area contributed by atoms with E-state index in [9.17, 15) is 0 Å². The van der Waals surface area contributed by atoms with Gasteiger partial charge in [-0.3, -0.25) is 4.98 Å². The molecule has 3 nitrogen and oxygen atoms in total. The molecular formula is C16H19ClN2O. The van der Waals surface area contributed by atoms with Crippen molar-refractivity contribution in [3.05, 3.63) is 47.2 Å². The summed E-state index contributed by atoms with van der Waals surface area (Å²) >= 11 is 6.13. The van der Waals surface area contributed by atoms with Gasteiger partial charge in [0.2, 0.25) is 0 Å². The lowest BCUT2D eigenvalue weighted by molar-refractivity contribution is 0.339. The second kappa shape index (κ2) is 7.27.